The lowest BCUT2D eigenvalue weighted by molar-refractivity contribution is 0.0691. The second-order valence-corrected chi connectivity index (χ2v) is 4.40. The van der Waals surface area contributed by atoms with Crippen molar-refractivity contribution in [3.63, 3.8) is 0 Å². The summed E-state index contributed by atoms with van der Waals surface area (Å²) >= 11 is 1.35. The number of nitrogens with zero attached hydrogens (tertiary/aromatic N) is 5. The number of hydrogen-bond acceptors (Lipinski definition) is 8. The highest BCUT2D eigenvalue weighted by molar-refractivity contribution is 7.13. The van der Waals surface area contributed by atoms with Crippen molar-refractivity contribution in [2.45, 2.75) is 0 Å². The van der Waals surface area contributed by atoms with Crippen molar-refractivity contribution in [2.75, 3.05) is 5.73 Å². The Balaban J connectivity index is 2.27. The molecular formula is C9H6N6O3S. The van der Waals surface area contributed by atoms with Crippen molar-refractivity contribution in [3.8, 4) is 16.4 Å². The Hall–Kier alpha value is -2.75. The lowest BCUT2D eigenvalue weighted by Gasteiger charge is -2.00. The average molecular weight is 278 g/mol. The van der Waals surface area contributed by atoms with E-state index in [1.54, 1.807) is 12.1 Å². The molecule has 0 saturated carbocycles. The molecule has 0 atom stereocenters. The maximum atomic E-state index is 11.2. The summed E-state index contributed by atoms with van der Waals surface area (Å²) in [6, 6.07) is 3.53. The van der Waals surface area contributed by atoms with Gasteiger partial charge in [0.05, 0.1) is 4.88 Å². The standard InChI is InChI=1S/C9H6N6O3S/c10-7-8(13-18-12-7)15-6(4-2-1-3-19-4)5(9(16)17)11-14-15/h1-3H,(H2,10,12)(H,16,17). The van der Waals surface area contributed by atoms with Gasteiger partial charge >= 0.3 is 5.97 Å². The van der Waals surface area contributed by atoms with Crippen LogP contribution >= 0.6 is 11.3 Å². The third-order valence-corrected chi connectivity index (χ3v) is 3.20. The molecule has 0 radical (unpaired) electrons. The van der Waals surface area contributed by atoms with Crippen LogP contribution in [0.1, 0.15) is 10.5 Å². The number of hydrogen-bond donors (Lipinski definition) is 2. The van der Waals surface area contributed by atoms with Crippen LogP contribution in [0.5, 0.6) is 0 Å². The number of aromatic nitrogens is 5. The Labute approximate surface area is 109 Å². The fourth-order valence-electron chi connectivity index (χ4n) is 1.55. The van der Waals surface area contributed by atoms with E-state index in [9.17, 15) is 4.79 Å². The van der Waals surface area contributed by atoms with Gasteiger partial charge < -0.3 is 10.8 Å². The van der Waals surface area contributed by atoms with Crippen molar-refractivity contribution >= 4 is 23.1 Å². The SMILES string of the molecule is Nc1nonc1-n1nnc(C(=O)O)c1-c1cccs1. The van der Waals surface area contributed by atoms with E-state index in [4.69, 9.17) is 10.8 Å². The quantitative estimate of drug-likeness (QED) is 0.713. The molecule has 0 unspecified atom stereocenters. The minimum Gasteiger partial charge on any atom is -0.476 e. The third kappa shape index (κ3) is 1.74. The summed E-state index contributed by atoms with van der Waals surface area (Å²) in [6.07, 6.45) is 0. The van der Waals surface area contributed by atoms with Gasteiger partial charge in [0.2, 0.25) is 11.6 Å². The molecule has 0 aromatic carbocycles. The number of rotatable bonds is 3. The fourth-order valence-corrected chi connectivity index (χ4v) is 2.30. The molecular weight excluding hydrogens is 272 g/mol. The van der Waals surface area contributed by atoms with Gasteiger partial charge in [0.25, 0.3) is 0 Å². The smallest absolute Gasteiger partial charge is 0.358 e. The molecule has 96 valence electrons. The maximum absolute atomic E-state index is 11.2. The Morgan fingerprint density at radius 1 is 1.47 bits per heavy atom. The molecule has 3 N–H and O–H groups in total. The summed E-state index contributed by atoms with van der Waals surface area (Å²) in [5.41, 5.74) is 5.67. The number of nitrogens with two attached hydrogens (primary N) is 1. The van der Waals surface area contributed by atoms with Crippen molar-refractivity contribution in [1.82, 2.24) is 25.3 Å². The zero-order valence-corrected chi connectivity index (χ0v) is 10.0. The van der Waals surface area contributed by atoms with Crippen LogP contribution in [0, 0.1) is 0 Å². The Kier molecular flexibility index (Phi) is 2.49. The molecule has 0 aliphatic rings. The summed E-state index contributed by atoms with van der Waals surface area (Å²) in [7, 11) is 0. The summed E-state index contributed by atoms with van der Waals surface area (Å²) in [4.78, 5) is 11.9. The first kappa shape index (κ1) is 11.3. The molecule has 9 nitrogen and oxygen atoms in total. The van der Waals surface area contributed by atoms with Crippen molar-refractivity contribution < 1.29 is 14.5 Å². The van der Waals surface area contributed by atoms with Gasteiger partial charge in [-0.15, -0.1) is 16.4 Å². The van der Waals surface area contributed by atoms with Crippen LogP contribution in [0.15, 0.2) is 22.1 Å². The van der Waals surface area contributed by atoms with Crippen LogP contribution in [-0.2, 0) is 0 Å². The number of carbonyl (C=O) groups is 1. The molecule has 0 bridgehead atoms. The molecule has 3 aromatic rings. The lowest BCUT2D eigenvalue weighted by atomic mass is 10.2. The first-order chi connectivity index (χ1) is 9.18. The van der Waals surface area contributed by atoms with E-state index < -0.39 is 5.97 Å². The Morgan fingerprint density at radius 2 is 2.32 bits per heavy atom. The molecule has 19 heavy (non-hydrogen) atoms. The molecule has 0 amide bonds. The predicted molar refractivity (Wildman–Crippen MR) is 63.9 cm³/mol. The predicted octanol–water partition coefficient (Wildman–Crippen LogP) is 0.659. The van der Waals surface area contributed by atoms with Gasteiger partial charge in [-0.2, -0.15) is 4.68 Å². The largest absolute Gasteiger partial charge is 0.476 e. The summed E-state index contributed by atoms with van der Waals surface area (Å²) in [5, 5.41) is 25.3. The molecule has 0 aliphatic carbocycles. The van der Waals surface area contributed by atoms with E-state index in [1.807, 2.05) is 5.38 Å². The van der Waals surface area contributed by atoms with Gasteiger partial charge in [0.1, 0.15) is 5.69 Å². The highest BCUT2D eigenvalue weighted by Crippen LogP contribution is 2.29. The molecule has 0 aliphatic heterocycles. The zero-order chi connectivity index (χ0) is 13.4. The van der Waals surface area contributed by atoms with E-state index in [2.05, 4.69) is 25.3 Å². The number of anilines is 1. The fraction of sp³-hybridized carbons (Fsp3) is 0. The van der Waals surface area contributed by atoms with Crippen molar-refractivity contribution in [2.24, 2.45) is 0 Å². The molecule has 3 aromatic heterocycles. The highest BCUT2D eigenvalue weighted by atomic mass is 32.1. The van der Waals surface area contributed by atoms with Gasteiger partial charge in [-0.05, 0) is 21.8 Å². The van der Waals surface area contributed by atoms with Crippen LogP contribution < -0.4 is 5.73 Å². The van der Waals surface area contributed by atoms with Gasteiger partial charge in [0, 0.05) is 0 Å². The summed E-state index contributed by atoms with van der Waals surface area (Å²) < 4.78 is 5.68. The van der Waals surface area contributed by atoms with Gasteiger partial charge in [0.15, 0.2) is 5.69 Å². The molecule has 0 fully saturated rings. The number of thiophene rings is 1. The highest BCUT2D eigenvalue weighted by Gasteiger charge is 2.25. The van der Waals surface area contributed by atoms with Gasteiger partial charge in [-0.1, -0.05) is 11.3 Å². The maximum Gasteiger partial charge on any atom is 0.358 e. The normalized spacial score (nSPS) is 10.7. The number of carboxylic acids is 1. The first-order valence-corrected chi connectivity index (χ1v) is 5.87. The van der Waals surface area contributed by atoms with Crippen LogP contribution in [0.25, 0.3) is 16.4 Å². The van der Waals surface area contributed by atoms with E-state index in [-0.39, 0.29) is 23.0 Å². The van der Waals surface area contributed by atoms with Crippen LogP contribution in [0.3, 0.4) is 0 Å². The Bertz CT molecular complexity index is 731. The first-order valence-electron chi connectivity index (χ1n) is 4.99. The number of carboxylic acid groups (broad SMARTS) is 1. The van der Waals surface area contributed by atoms with Crippen molar-refractivity contribution in [1.29, 1.82) is 0 Å². The summed E-state index contributed by atoms with van der Waals surface area (Å²) in [5.74, 6) is -1.09. The molecule has 0 spiro atoms. The Morgan fingerprint density at radius 3 is 2.89 bits per heavy atom. The molecule has 3 heterocycles. The van der Waals surface area contributed by atoms with Crippen LogP contribution in [0.4, 0.5) is 5.82 Å². The van der Waals surface area contributed by atoms with Crippen LogP contribution in [-0.4, -0.2) is 36.4 Å². The summed E-state index contributed by atoms with van der Waals surface area (Å²) in [6.45, 7) is 0. The van der Waals surface area contributed by atoms with Gasteiger partial charge in [-0.25, -0.2) is 9.42 Å². The average Bonchev–Trinajstić information content (AvgIpc) is 3.06. The number of nitrogen functional groups attached to an aromatic ring is 1. The van der Waals surface area contributed by atoms with Gasteiger partial charge in [-0.3, -0.25) is 0 Å². The van der Waals surface area contributed by atoms with Crippen molar-refractivity contribution in [3.05, 3.63) is 23.2 Å². The van der Waals surface area contributed by atoms with E-state index in [1.165, 1.54) is 16.0 Å². The number of aromatic carboxylic acids is 1. The minimum absolute atomic E-state index is 0.000329. The third-order valence-electron chi connectivity index (χ3n) is 2.32. The minimum atomic E-state index is -1.19. The zero-order valence-electron chi connectivity index (χ0n) is 9.22. The second kappa shape index (κ2) is 4.17. The van der Waals surface area contributed by atoms with E-state index >= 15 is 0 Å². The molecule has 0 saturated heterocycles. The van der Waals surface area contributed by atoms with E-state index in [0.717, 1.165) is 0 Å². The lowest BCUT2D eigenvalue weighted by Crippen LogP contribution is -2.04. The molecule has 10 heteroatoms. The monoisotopic (exact) mass is 278 g/mol. The van der Waals surface area contributed by atoms with E-state index in [0.29, 0.717) is 4.88 Å². The topological polar surface area (TPSA) is 133 Å². The van der Waals surface area contributed by atoms with Crippen LogP contribution in [0.2, 0.25) is 0 Å². The molecule has 3 rings (SSSR count). The second-order valence-electron chi connectivity index (χ2n) is 3.45.